The molecule has 1 fully saturated rings. The number of halogens is 3. The number of pyridine rings is 1. The van der Waals surface area contributed by atoms with Gasteiger partial charge in [0.25, 0.3) is 0 Å². The Morgan fingerprint density at radius 1 is 1.26 bits per heavy atom. The Hall–Kier alpha value is -1.30. The summed E-state index contributed by atoms with van der Waals surface area (Å²) in [5.41, 5.74) is 0. The lowest BCUT2D eigenvalue weighted by atomic mass is 10.0. The molecule has 2 rings (SSSR count). The summed E-state index contributed by atoms with van der Waals surface area (Å²) < 4.78 is 36.1. The Morgan fingerprint density at radius 3 is 2.58 bits per heavy atom. The van der Waals surface area contributed by atoms with Crippen LogP contribution in [0.4, 0.5) is 19.0 Å². The first-order valence-corrected chi connectivity index (χ1v) is 6.51. The van der Waals surface area contributed by atoms with Gasteiger partial charge in [-0.15, -0.1) is 0 Å². The van der Waals surface area contributed by atoms with Gasteiger partial charge in [0, 0.05) is 31.9 Å². The summed E-state index contributed by atoms with van der Waals surface area (Å²) in [6.07, 6.45) is -1.36. The van der Waals surface area contributed by atoms with Crippen LogP contribution in [0.15, 0.2) is 24.4 Å². The fourth-order valence-corrected chi connectivity index (χ4v) is 2.27. The van der Waals surface area contributed by atoms with Crippen molar-refractivity contribution in [2.75, 3.05) is 24.5 Å². The van der Waals surface area contributed by atoms with Gasteiger partial charge in [-0.2, -0.15) is 13.2 Å². The molecule has 0 bridgehead atoms. The third kappa shape index (κ3) is 4.70. The number of hydrogen-bond donors (Lipinski definition) is 1. The van der Waals surface area contributed by atoms with E-state index in [1.54, 1.807) is 6.20 Å². The zero-order valence-electron chi connectivity index (χ0n) is 10.7. The molecule has 0 spiro atoms. The Labute approximate surface area is 110 Å². The molecule has 0 saturated carbocycles. The molecule has 1 aromatic rings. The molecule has 1 aliphatic rings. The van der Waals surface area contributed by atoms with Gasteiger partial charge in [-0.1, -0.05) is 6.07 Å². The highest BCUT2D eigenvalue weighted by atomic mass is 19.4. The van der Waals surface area contributed by atoms with Crippen molar-refractivity contribution < 1.29 is 13.2 Å². The summed E-state index contributed by atoms with van der Waals surface area (Å²) in [6.45, 7) is 1.68. The van der Waals surface area contributed by atoms with Crippen LogP contribution in [0.2, 0.25) is 0 Å². The maximum atomic E-state index is 12.0. The molecule has 0 aromatic carbocycles. The first-order valence-electron chi connectivity index (χ1n) is 6.51. The smallest absolute Gasteiger partial charge is 0.357 e. The van der Waals surface area contributed by atoms with Gasteiger partial charge in [0.05, 0.1) is 6.42 Å². The monoisotopic (exact) mass is 273 g/mol. The van der Waals surface area contributed by atoms with E-state index in [-0.39, 0.29) is 12.6 Å². The van der Waals surface area contributed by atoms with Crippen LogP contribution in [-0.4, -0.2) is 36.8 Å². The van der Waals surface area contributed by atoms with Gasteiger partial charge in [-0.25, -0.2) is 4.98 Å². The molecule has 0 radical (unpaired) electrons. The average molecular weight is 273 g/mol. The molecular weight excluding hydrogens is 255 g/mol. The van der Waals surface area contributed by atoms with Crippen LogP contribution in [0.5, 0.6) is 0 Å². The lowest BCUT2D eigenvalue weighted by Crippen LogP contribution is -2.43. The van der Waals surface area contributed by atoms with Crippen LogP contribution in [0, 0.1) is 0 Å². The molecule has 1 aliphatic heterocycles. The van der Waals surface area contributed by atoms with Crippen LogP contribution in [0.3, 0.4) is 0 Å². The second kappa shape index (κ2) is 6.23. The second-order valence-electron chi connectivity index (χ2n) is 4.77. The zero-order chi connectivity index (χ0) is 13.7. The molecule has 0 unspecified atom stereocenters. The third-order valence-corrected chi connectivity index (χ3v) is 3.31. The highest BCUT2D eigenvalue weighted by Gasteiger charge is 2.27. The lowest BCUT2D eigenvalue weighted by molar-refractivity contribution is -0.133. The van der Waals surface area contributed by atoms with E-state index in [1.165, 1.54) is 0 Å². The Balaban J connectivity index is 1.71. The van der Waals surface area contributed by atoms with Crippen LogP contribution in [-0.2, 0) is 0 Å². The number of piperidine rings is 1. The van der Waals surface area contributed by atoms with Crippen molar-refractivity contribution in [3.8, 4) is 0 Å². The van der Waals surface area contributed by atoms with E-state index >= 15 is 0 Å². The number of aromatic nitrogens is 1. The van der Waals surface area contributed by atoms with Crippen molar-refractivity contribution in [1.82, 2.24) is 10.3 Å². The van der Waals surface area contributed by atoms with E-state index in [9.17, 15) is 13.2 Å². The quantitative estimate of drug-likeness (QED) is 0.914. The van der Waals surface area contributed by atoms with Gasteiger partial charge in [0.15, 0.2) is 0 Å². The number of anilines is 1. The predicted octanol–water partition coefficient (Wildman–Crippen LogP) is 2.59. The van der Waals surface area contributed by atoms with Crippen LogP contribution >= 0.6 is 0 Å². The SMILES string of the molecule is FC(F)(F)CCNC1CCN(c2ccccn2)CC1. The minimum atomic E-state index is -4.07. The summed E-state index contributed by atoms with van der Waals surface area (Å²) in [5, 5.41) is 2.98. The summed E-state index contributed by atoms with van der Waals surface area (Å²) in [7, 11) is 0. The van der Waals surface area contributed by atoms with E-state index in [2.05, 4.69) is 15.2 Å². The highest BCUT2D eigenvalue weighted by Crippen LogP contribution is 2.20. The van der Waals surface area contributed by atoms with Crippen molar-refractivity contribution in [2.24, 2.45) is 0 Å². The third-order valence-electron chi connectivity index (χ3n) is 3.31. The number of alkyl halides is 3. The van der Waals surface area contributed by atoms with Crippen molar-refractivity contribution in [3.63, 3.8) is 0 Å². The Kier molecular flexibility index (Phi) is 4.63. The molecule has 0 aliphatic carbocycles. The summed E-state index contributed by atoms with van der Waals surface area (Å²) in [6, 6.07) is 5.95. The average Bonchev–Trinajstić information content (AvgIpc) is 2.39. The molecule has 106 valence electrons. The lowest BCUT2D eigenvalue weighted by Gasteiger charge is -2.33. The number of hydrogen-bond acceptors (Lipinski definition) is 3. The summed E-state index contributed by atoms with van der Waals surface area (Å²) >= 11 is 0. The molecule has 19 heavy (non-hydrogen) atoms. The van der Waals surface area contributed by atoms with Gasteiger partial charge < -0.3 is 10.2 Å². The predicted molar refractivity (Wildman–Crippen MR) is 68.1 cm³/mol. The van der Waals surface area contributed by atoms with E-state index in [0.717, 1.165) is 31.7 Å². The highest BCUT2D eigenvalue weighted by molar-refractivity contribution is 5.38. The molecule has 3 nitrogen and oxygen atoms in total. The summed E-state index contributed by atoms with van der Waals surface area (Å²) in [4.78, 5) is 6.45. The summed E-state index contributed by atoms with van der Waals surface area (Å²) in [5.74, 6) is 0.941. The van der Waals surface area contributed by atoms with Crippen LogP contribution < -0.4 is 10.2 Å². The van der Waals surface area contributed by atoms with Crippen LogP contribution in [0.1, 0.15) is 19.3 Å². The van der Waals surface area contributed by atoms with Crippen molar-refractivity contribution in [1.29, 1.82) is 0 Å². The first kappa shape index (κ1) is 14.1. The molecule has 1 N–H and O–H groups in total. The number of rotatable bonds is 4. The molecule has 0 amide bonds. The molecule has 1 saturated heterocycles. The number of nitrogens with zero attached hydrogens (tertiary/aromatic N) is 2. The van der Waals surface area contributed by atoms with Gasteiger partial charge >= 0.3 is 6.18 Å². The Bertz CT molecular complexity index is 372. The second-order valence-corrected chi connectivity index (χ2v) is 4.77. The molecule has 2 heterocycles. The van der Waals surface area contributed by atoms with E-state index in [0.29, 0.717) is 0 Å². The molecule has 6 heteroatoms. The van der Waals surface area contributed by atoms with Crippen molar-refractivity contribution >= 4 is 5.82 Å². The minimum Gasteiger partial charge on any atom is -0.357 e. The van der Waals surface area contributed by atoms with Gasteiger partial charge in [-0.05, 0) is 25.0 Å². The molecule has 0 atom stereocenters. The minimum absolute atomic E-state index is 0.0117. The largest absolute Gasteiger partial charge is 0.390 e. The zero-order valence-corrected chi connectivity index (χ0v) is 10.7. The molecule has 1 aromatic heterocycles. The van der Waals surface area contributed by atoms with Gasteiger partial charge in [-0.3, -0.25) is 0 Å². The fourth-order valence-electron chi connectivity index (χ4n) is 2.27. The van der Waals surface area contributed by atoms with Crippen molar-refractivity contribution in [3.05, 3.63) is 24.4 Å². The standard InChI is InChI=1S/C13H18F3N3/c14-13(15,16)6-8-17-11-4-9-19(10-5-11)12-3-1-2-7-18-12/h1-3,7,11,17H,4-6,8-10H2. The topological polar surface area (TPSA) is 28.2 Å². The normalized spacial score (nSPS) is 17.7. The van der Waals surface area contributed by atoms with Crippen molar-refractivity contribution in [2.45, 2.75) is 31.5 Å². The van der Waals surface area contributed by atoms with Crippen LogP contribution in [0.25, 0.3) is 0 Å². The van der Waals surface area contributed by atoms with Gasteiger partial charge in [0.1, 0.15) is 5.82 Å². The van der Waals surface area contributed by atoms with E-state index < -0.39 is 12.6 Å². The van der Waals surface area contributed by atoms with Gasteiger partial charge in [0.2, 0.25) is 0 Å². The fraction of sp³-hybridized carbons (Fsp3) is 0.615. The Morgan fingerprint density at radius 2 is 2.00 bits per heavy atom. The van der Waals surface area contributed by atoms with E-state index in [4.69, 9.17) is 0 Å². The molecular formula is C13H18F3N3. The number of nitrogens with one attached hydrogen (secondary N) is 1. The van der Waals surface area contributed by atoms with E-state index in [1.807, 2.05) is 18.2 Å². The maximum Gasteiger partial charge on any atom is 0.390 e. The maximum absolute atomic E-state index is 12.0. The first-order chi connectivity index (χ1) is 9.04.